The molecule has 5 rings (SSSR count). The van der Waals surface area contributed by atoms with Crippen molar-refractivity contribution in [2.45, 2.75) is 32.6 Å². The molecule has 0 radical (unpaired) electrons. The predicted molar refractivity (Wildman–Crippen MR) is 154 cm³/mol. The van der Waals surface area contributed by atoms with Crippen molar-refractivity contribution in [2.75, 3.05) is 44.8 Å². The largest absolute Gasteiger partial charge is 0.497 e. The molecule has 1 aliphatic carbocycles. The minimum atomic E-state index is -0.118. The van der Waals surface area contributed by atoms with E-state index in [0.29, 0.717) is 60.0 Å². The van der Waals surface area contributed by atoms with E-state index in [1.807, 2.05) is 37.3 Å². The topological polar surface area (TPSA) is 106 Å². The third-order valence-electron chi connectivity index (χ3n) is 7.41. The van der Waals surface area contributed by atoms with Gasteiger partial charge in [0.1, 0.15) is 17.3 Å². The first-order valence-corrected chi connectivity index (χ1v) is 14.1. The Morgan fingerprint density at radius 2 is 1.70 bits per heavy atom. The average molecular weight is 544 g/mol. The number of carbonyl (C=O) groups excluding carboxylic acids is 2. The minimum absolute atomic E-state index is 0.108. The molecular formula is C31H37N5O4. The number of anilines is 1. The van der Waals surface area contributed by atoms with Crippen molar-refractivity contribution in [3.63, 3.8) is 0 Å². The number of nitrogens with zero attached hydrogens (tertiary/aromatic N) is 3. The number of piperidine rings is 1. The van der Waals surface area contributed by atoms with E-state index >= 15 is 0 Å². The second-order valence-electron chi connectivity index (χ2n) is 10.5. The monoisotopic (exact) mass is 543 g/mol. The molecule has 1 aromatic heterocycles. The number of hydrogen-bond donors (Lipinski definition) is 2. The number of aromatic nitrogens is 2. The van der Waals surface area contributed by atoms with Crippen molar-refractivity contribution in [1.82, 2.24) is 20.6 Å². The maximum atomic E-state index is 12.9. The number of hydrogen-bond acceptors (Lipinski definition) is 7. The van der Waals surface area contributed by atoms with E-state index in [-0.39, 0.29) is 11.8 Å². The van der Waals surface area contributed by atoms with Gasteiger partial charge in [0.05, 0.1) is 13.7 Å². The van der Waals surface area contributed by atoms with Gasteiger partial charge in [-0.2, -0.15) is 0 Å². The van der Waals surface area contributed by atoms with Crippen LogP contribution in [-0.4, -0.2) is 61.7 Å². The molecule has 0 spiro atoms. The third kappa shape index (κ3) is 7.08. The molecular weight excluding hydrogens is 506 g/mol. The molecule has 2 aliphatic rings. The fourth-order valence-corrected chi connectivity index (χ4v) is 4.83. The first-order chi connectivity index (χ1) is 19.5. The molecule has 0 atom stereocenters. The maximum Gasteiger partial charge on any atom is 0.251 e. The first-order valence-electron chi connectivity index (χ1n) is 14.1. The Kier molecular flexibility index (Phi) is 8.78. The van der Waals surface area contributed by atoms with Gasteiger partial charge < -0.3 is 25.0 Å². The molecule has 2 aromatic carbocycles. The lowest BCUT2D eigenvalue weighted by Gasteiger charge is -2.33. The molecule has 2 N–H and O–H groups in total. The first kappa shape index (κ1) is 27.4. The van der Waals surface area contributed by atoms with Crippen molar-refractivity contribution in [2.24, 2.45) is 11.8 Å². The number of benzene rings is 2. The van der Waals surface area contributed by atoms with Crippen molar-refractivity contribution in [3.05, 3.63) is 65.9 Å². The van der Waals surface area contributed by atoms with Gasteiger partial charge in [-0.3, -0.25) is 9.59 Å². The summed E-state index contributed by atoms with van der Waals surface area (Å²) >= 11 is 0. The third-order valence-corrected chi connectivity index (χ3v) is 7.41. The smallest absolute Gasteiger partial charge is 0.251 e. The summed E-state index contributed by atoms with van der Waals surface area (Å²) in [4.78, 5) is 36.7. The van der Waals surface area contributed by atoms with Crippen molar-refractivity contribution >= 4 is 17.6 Å². The van der Waals surface area contributed by atoms with Gasteiger partial charge in [0, 0.05) is 55.1 Å². The number of carbonyl (C=O) groups is 2. The van der Waals surface area contributed by atoms with Crippen LogP contribution in [0.1, 0.15) is 53.3 Å². The molecule has 2 amide bonds. The normalized spacial score (nSPS) is 15.4. The van der Waals surface area contributed by atoms with Crippen LogP contribution in [-0.2, 0) is 0 Å². The lowest BCUT2D eigenvalue weighted by atomic mass is 9.96. The molecule has 9 nitrogen and oxygen atoms in total. The molecule has 1 aliphatic heterocycles. The SMILES string of the molecule is CCNC(=O)c1cccc(-c2nccc(N3CCC(CNC(=O)c4cc(OC)cc(OCC5CC5)c4)CC3)n2)c1. The molecule has 0 bridgehead atoms. The standard InChI is InChI=1S/C31H37N5O4/c1-3-32-30(37)24-6-4-5-23(15-24)29-33-12-9-28(35-29)36-13-10-21(11-14-36)19-34-31(38)25-16-26(39-2)18-27(17-25)40-20-22-7-8-22/h4-6,9,12,15-18,21-22H,3,7-8,10-11,13-14,19-20H2,1-2H3,(H,32,37)(H,34,38). The fraction of sp³-hybridized carbons (Fsp3) is 0.419. The fourth-order valence-electron chi connectivity index (χ4n) is 4.83. The zero-order valence-electron chi connectivity index (χ0n) is 23.2. The minimum Gasteiger partial charge on any atom is -0.497 e. The number of nitrogens with one attached hydrogen (secondary N) is 2. The summed E-state index contributed by atoms with van der Waals surface area (Å²) < 4.78 is 11.3. The van der Waals surface area contributed by atoms with Crippen molar-refractivity contribution < 1.29 is 19.1 Å². The quantitative estimate of drug-likeness (QED) is 0.371. The summed E-state index contributed by atoms with van der Waals surface area (Å²) in [6.07, 6.45) is 6.07. The molecule has 40 heavy (non-hydrogen) atoms. The molecule has 0 unspecified atom stereocenters. The van der Waals surface area contributed by atoms with Gasteiger partial charge in [0.2, 0.25) is 0 Å². The van der Waals surface area contributed by atoms with Crippen LogP contribution < -0.4 is 25.0 Å². The van der Waals surface area contributed by atoms with E-state index < -0.39 is 0 Å². The summed E-state index contributed by atoms with van der Waals surface area (Å²) in [5.74, 6) is 3.54. The number of methoxy groups -OCH3 is 1. The zero-order valence-corrected chi connectivity index (χ0v) is 23.2. The van der Waals surface area contributed by atoms with Crippen LogP contribution in [0.5, 0.6) is 11.5 Å². The summed E-state index contributed by atoms with van der Waals surface area (Å²) in [6, 6.07) is 14.7. The van der Waals surface area contributed by atoms with Gasteiger partial charge >= 0.3 is 0 Å². The van der Waals surface area contributed by atoms with Gasteiger partial charge in [-0.25, -0.2) is 9.97 Å². The highest BCUT2D eigenvalue weighted by atomic mass is 16.5. The summed E-state index contributed by atoms with van der Waals surface area (Å²) in [6.45, 7) is 5.45. The van der Waals surface area contributed by atoms with Gasteiger partial charge in [-0.15, -0.1) is 0 Å². The van der Waals surface area contributed by atoms with E-state index in [1.165, 1.54) is 12.8 Å². The van der Waals surface area contributed by atoms with Crippen LogP contribution in [0, 0.1) is 11.8 Å². The Hall–Kier alpha value is -4.14. The Morgan fingerprint density at radius 3 is 2.45 bits per heavy atom. The van der Waals surface area contributed by atoms with E-state index in [9.17, 15) is 9.59 Å². The lowest BCUT2D eigenvalue weighted by molar-refractivity contribution is 0.0940. The number of ether oxygens (including phenoxy) is 2. The van der Waals surface area contributed by atoms with Gasteiger partial charge in [-0.05, 0) is 74.8 Å². The van der Waals surface area contributed by atoms with Crippen LogP contribution in [0.2, 0.25) is 0 Å². The van der Waals surface area contributed by atoms with Gasteiger partial charge in [-0.1, -0.05) is 12.1 Å². The highest BCUT2D eigenvalue weighted by Crippen LogP contribution is 2.31. The van der Waals surface area contributed by atoms with E-state index in [1.54, 1.807) is 31.5 Å². The molecule has 9 heteroatoms. The highest BCUT2D eigenvalue weighted by molar-refractivity contribution is 5.95. The van der Waals surface area contributed by atoms with Crippen molar-refractivity contribution in [1.29, 1.82) is 0 Å². The second-order valence-corrected chi connectivity index (χ2v) is 10.5. The molecule has 1 saturated carbocycles. The van der Waals surface area contributed by atoms with Crippen LogP contribution >= 0.6 is 0 Å². The van der Waals surface area contributed by atoms with Gasteiger partial charge in [0.25, 0.3) is 11.8 Å². The van der Waals surface area contributed by atoms with Crippen molar-refractivity contribution in [3.8, 4) is 22.9 Å². The molecule has 1 saturated heterocycles. The predicted octanol–water partition coefficient (Wildman–Crippen LogP) is 4.34. The second kappa shape index (κ2) is 12.8. The Labute approximate surface area is 235 Å². The van der Waals surface area contributed by atoms with E-state index in [0.717, 1.165) is 37.3 Å². The summed E-state index contributed by atoms with van der Waals surface area (Å²) in [5, 5.41) is 5.93. The Bertz CT molecular complexity index is 1330. The highest BCUT2D eigenvalue weighted by Gasteiger charge is 2.23. The molecule has 2 heterocycles. The van der Waals surface area contributed by atoms with Crippen LogP contribution in [0.4, 0.5) is 5.82 Å². The van der Waals surface area contributed by atoms with Crippen LogP contribution in [0.15, 0.2) is 54.7 Å². The molecule has 2 fully saturated rings. The Balaban J connectivity index is 1.15. The summed E-state index contributed by atoms with van der Waals surface area (Å²) in [5.41, 5.74) is 1.95. The van der Waals surface area contributed by atoms with E-state index in [2.05, 4.69) is 20.5 Å². The van der Waals surface area contributed by atoms with Gasteiger partial charge in [0.15, 0.2) is 5.82 Å². The van der Waals surface area contributed by atoms with Crippen LogP contribution in [0.25, 0.3) is 11.4 Å². The summed E-state index contributed by atoms with van der Waals surface area (Å²) in [7, 11) is 1.60. The number of rotatable bonds is 11. The average Bonchev–Trinajstić information content (AvgIpc) is 3.84. The van der Waals surface area contributed by atoms with E-state index in [4.69, 9.17) is 14.5 Å². The number of amides is 2. The zero-order chi connectivity index (χ0) is 27.9. The molecule has 210 valence electrons. The van der Waals surface area contributed by atoms with Crippen LogP contribution in [0.3, 0.4) is 0 Å². The lowest BCUT2D eigenvalue weighted by Crippen LogP contribution is -2.39. The molecule has 3 aromatic rings. The maximum absolute atomic E-state index is 12.9. The Morgan fingerprint density at radius 1 is 0.925 bits per heavy atom.